The smallest absolute Gasteiger partial charge is 0.407 e. The summed E-state index contributed by atoms with van der Waals surface area (Å²) in [6.07, 6.45) is 3.05. The normalized spacial score (nSPS) is 13.0. The molecule has 1 aromatic heterocycles. The van der Waals surface area contributed by atoms with Crippen molar-refractivity contribution in [3.8, 4) is 16.9 Å². The van der Waals surface area contributed by atoms with Crippen LogP contribution in [0.4, 0.5) is 4.79 Å². The number of carbonyl (C=O) groups excluding carboxylic acids is 1. The molecule has 32 heavy (non-hydrogen) atoms. The third-order valence-corrected chi connectivity index (χ3v) is 5.71. The fourth-order valence-corrected chi connectivity index (χ4v) is 4.14. The number of carboxylic acids is 1. The third-order valence-electron chi connectivity index (χ3n) is 5.71. The van der Waals surface area contributed by atoms with Gasteiger partial charge in [0.15, 0.2) is 0 Å². The predicted octanol–water partition coefficient (Wildman–Crippen LogP) is 4.01. The largest absolute Gasteiger partial charge is 0.496 e. The molecular formula is C25H24N2O5. The maximum absolute atomic E-state index is 12.4. The van der Waals surface area contributed by atoms with Crippen molar-refractivity contribution in [2.24, 2.45) is 0 Å². The molecule has 1 aliphatic carbocycles. The number of fused-ring (bicyclic) bond motifs is 3. The number of rotatable bonds is 8. The molecule has 0 saturated heterocycles. The Morgan fingerprint density at radius 2 is 1.72 bits per heavy atom. The molecule has 164 valence electrons. The molecule has 7 heteroatoms. The summed E-state index contributed by atoms with van der Waals surface area (Å²) >= 11 is 0. The summed E-state index contributed by atoms with van der Waals surface area (Å²) in [4.78, 5) is 28.2. The van der Waals surface area contributed by atoms with Gasteiger partial charge in [0.25, 0.3) is 0 Å². The number of hydrogen-bond acceptors (Lipinski definition) is 5. The van der Waals surface area contributed by atoms with E-state index in [0.29, 0.717) is 12.2 Å². The fraction of sp³-hybridized carbons (Fsp3) is 0.240. The first-order valence-corrected chi connectivity index (χ1v) is 10.4. The first-order chi connectivity index (χ1) is 15.6. The Labute approximate surface area is 186 Å². The second-order valence-corrected chi connectivity index (χ2v) is 7.59. The Hall–Kier alpha value is -3.87. The number of benzene rings is 2. The highest BCUT2D eigenvalue weighted by atomic mass is 16.5. The summed E-state index contributed by atoms with van der Waals surface area (Å²) in [6.45, 7) is 0.128. The Bertz CT molecular complexity index is 1090. The fourth-order valence-electron chi connectivity index (χ4n) is 4.14. The van der Waals surface area contributed by atoms with Crippen LogP contribution in [0.1, 0.15) is 29.0 Å². The van der Waals surface area contributed by atoms with Crippen LogP contribution in [0.5, 0.6) is 5.75 Å². The van der Waals surface area contributed by atoms with E-state index >= 15 is 0 Å². The van der Waals surface area contributed by atoms with Gasteiger partial charge in [-0.1, -0.05) is 48.5 Å². The number of hydrogen-bond donors (Lipinski definition) is 2. The van der Waals surface area contributed by atoms with Crippen molar-refractivity contribution in [3.63, 3.8) is 0 Å². The highest BCUT2D eigenvalue weighted by Gasteiger charge is 2.29. The molecule has 1 heterocycles. The van der Waals surface area contributed by atoms with E-state index in [0.717, 1.165) is 27.8 Å². The van der Waals surface area contributed by atoms with Gasteiger partial charge < -0.3 is 19.9 Å². The van der Waals surface area contributed by atoms with E-state index in [1.807, 2.05) is 36.4 Å². The van der Waals surface area contributed by atoms with E-state index in [1.54, 1.807) is 25.6 Å². The first-order valence-electron chi connectivity index (χ1n) is 10.4. The van der Waals surface area contributed by atoms with Crippen LogP contribution in [-0.4, -0.2) is 41.9 Å². The molecule has 0 saturated carbocycles. The van der Waals surface area contributed by atoms with Crippen LogP contribution < -0.4 is 10.1 Å². The van der Waals surface area contributed by atoms with Crippen molar-refractivity contribution in [3.05, 3.63) is 83.7 Å². The number of amides is 1. The number of carbonyl (C=O) groups is 2. The minimum absolute atomic E-state index is 0.0870. The first kappa shape index (κ1) is 21.4. The maximum Gasteiger partial charge on any atom is 0.407 e. The average Bonchev–Trinajstić information content (AvgIpc) is 3.14. The Morgan fingerprint density at radius 1 is 1.06 bits per heavy atom. The van der Waals surface area contributed by atoms with Gasteiger partial charge >= 0.3 is 12.1 Å². The Kier molecular flexibility index (Phi) is 6.35. The molecule has 0 bridgehead atoms. The monoisotopic (exact) mass is 432 g/mol. The molecule has 4 rings (SSSR count). The Balaban J connectivity index is 1.39. The minimum atomic E-state index is -1.12. The standard InChI is InChI=1S/C25H24N2O5/c1-31-23-12-13-26-14-16(23)10-11-22(24(28)29)27-25(30)32-15-21-19-8-4-2-6-17(19)18-7-3-5-9-20(18)21/h2-9,12-14,21-22H,10-11,15H2,1H3,(H,27,30)(H,28,29). The number of alkyl carbamates (subject to hydrolysis) is 1. The molecule has 2 aromatic carbocycles. The van der Waals surface area contributed by atoms with Gasteiger partial charge in [0.05, 0.1) is 7.11 Å². The number of aryl methyl sites for hydroxylation is 1. The number of carboxylic acid groups (broad SMARTS) is 1. The summed E-state index contributed by atoms with van der Waals surface area (Å²) in [6, 6.07) is 16.7. The molecular weight excluding hydrogens is 408 g/mol. The summed E-state index contributed by atoms with van der Waals surface area (Å²) in [7, 11) is 1.54. The van der Waals surface area contributed by atoms with Gasteiger partial charge in [0.1, 0.15) is 18.4 Å². The van der Waals surface area contributed by atoms with Crippen LogP contribution >= 0.6 is 0 Å². The van der Waals surface area contributed by atoms with Gasteiger partial charge in [-0.2, -0.15) is 0 Å². The van der Waals surface area contributed by atoms with Crippen LogP contribution in [0.3, 0.4) is 0 Å². The number of nitrogens with one attached hydrogen (secondary N) is 1. The highest BCUT2D eigenvalue weighted by Crippen LogP contribution is 2.44. The molecule has 7 nitrogen and oxygen atoms in total. The lowest BCUT2D eigenvalue weighted by Crippen LogP contribution is -2.41. The zero-order valence-electron chi connectivity index (χ0n) is 17.7. The number of nitrogens with zero attached hydrogens (tertiary/aromatic N) is 1. The van der Waals surface area contributed by atoms with Crippen molar-refractivity contribution in [1.82, 2.24) is 10.3 Å². The van der Waals surface area contributed by atoms with E-state index < -0.39 is 18.1 Å². The summed E-state index contributed by atoms with van der Waals surface area (Å²) < 4.78 is 10.7. The molecule has 1 aliphatic rings. The van der Waals surface area contributed by atoms with Crippen LogP contribution in [0.15, 0.2) is 67.0 Å². The van der Waals surface area contributed by atoms with Crippen molar-refractivity contribution in [2.45, 2.75) is 24.8 Å². The maximum atomic E-state index is 12.4. The summed E-state index contributed by atoms with van der Waals surface area (Å²) in [5.74, 6) is -0.581. The number of ether oxygens (including phenoxy) is 2. The van der Waals surface area contributed by atoms with Gasteiger partial charge in [-0.15, -0.1) is 0 Å². The van der Waals surface area contributed by atoms with E-state index in [1.165, 1.54) is 0 Å². The molecule has 1 amide bonds. The van der Waals surface area contributed by atoms with E-state index in [2.05, 4.69) is 22.4 Å². The third kappa shape index (κ3) is 4.42. The van der Waals surface area contributed by atoms with Crippen LogP contribution in [0.2, 0.25) is 0 Å². The van der Waals surface area contributed by atoms with Crippen molar-refractivity contribution in [1.29, 1.82) is 0 Å². The van der Waals surface area contributed by atoms with Crippen LogP contribution in [0.25, 0.3) is 11.1 Å². The Morgan fingerprint density at radius 3 is 2.34 bits per heavy atom. The van der Waals surface area contributed by atoms with E-state index in [9.17, 15) is 14.7 Å². The number of methoxy groups -OCH3 is 1. The van der Waals surface area contributed by atoms with Crippen LogP contribution in [0, 0.1) is 0 Å². The van der Waals surface area contributed by atoms with Crippen molar-refractivity contribution >= 4 is 12.1 Å². The number of aromatic nitrogens is 1. The van der Waals surface area contributed by atoms with E-state index in [-0.39, 0.29) is 18.9 Å². The zero-order chi connectivity index (χ0) is 22.5. The SMILES string of the molecule is COc1ccncc1CCC(NC(=O)OCC1c2ccccc2-c2ccccc21)C(=O)O. The topological polar surface area (TPSA) is 97.8 Å². The lowest BCUT2D eigenvalue weighted by atomic mass is 9.98. The molecule has 3 aromatic rings. The predicted molar refractivity (Wildman–Crippen MR) is 119 cm³/mol. The van der Waals surface area contributed by atoms with Gasteiger partial charge in [-0.05, 0) is 41.2 Å². The molecule has 1 atom stereocenters. The summed E-state index contributed by atoms with van der Waals surface area (Å²) in [5.41, 5.74) is 5.23. The quantitative estimate of drug-likeness (QED) is 0.558. The van der Waals surface area contributed by atoms with Gasteiger partial charge in [0.2, 0.25) is 0 Å². The molecule has 2 N–H and O–H groups in total. The lowest BCUT2D eigenvalue weighted by molar-refractivity contribution is -0.139. The average molecular weight is 432 g/mol. The lowest BCUT2D eigenvalue weighted by Gasteiger charge is -2.18. The minimum Gasteiger partial charge on any atom is -0.496 e. The second kappa shape index (κ2) is 9.51. The summed E-state index contributed by atoms with van der Waals surface area (Å²) in [5, 5.41) is 12.0. The number of aliphatic carboxylic acids is 1. The highest BCUT2D eigenvalue weighted by molar-refractivity contribution is 5.81. The molecule has 0 radical (unpaired) electrons. The molecule has 1 unspecified atom stereocenters. The molecule has 0 aliphatic heterocycles. The van der Waals surface area contributed by atoms with Crippen molar-refractivity contribution in [2.75, 3.05) is 13.7 Å². The van der Waals surface area contributed by atoms with Crippen LogP contribution in [-0.2, 0) is 16.0 Å². The molecule has 0 spiro atoms. The van der Waals surface area contributed by atoms with Crippen molar-refractivity contribution < 1.29 is 24.2 Å². The molecule has 0 fully saturated rings. The van der Waals surface area contributed by atoms with E-state index in [4.69, 9.17) is 9.47 Å². The van der Waals surface area contributed by atoms with Gasteiger partial charge in [-0.3, -0.25) is 4.98 Å². The zero-order valence-corrected chi connectivity index (χ0v) is 17.7. The second-order valence-electron chi connectivity index (χ2n) is 7.59. The van der Waals surface area contributed by atoms with Gasteiger partial charge in [0, 0.05) is 23.9 Å². The van der Waals surface area contributed by atoms with Gasteiger partial charge in [-0.25, -0.2) is 9.59 Å². The number of pyridine rings is 1.